The van der Waals surface area contributed by atoms with E-state index < -0.39 is 10.0 Å². The first-order valence-corrected chi connectivity index (χ1v) is 13.4. The van der Waals surface area contributed by atoms with Gasteiger partial charge in [-0.25, -0.2) is 8.42 Å². The summed E-state index contributed by atoms with van der Waals surface area (Å²) >= 11 is 2.71. The standard InChI is InChI=1S/C21H25N3O4S3/c1-2-28-14-13-24-17-6-3-4-7-18(17)30-21(24)22-20(25)16-9-11-23(12-10-16)31(26,27)19-8-5-15-29-19/h3-8,15-16H,2,9-14H2,1H3. The van der Waals surface area contributed by atoms with Gasteiger partial charge in [0.25, 0.3) is 15.9 Å². The third-order valence-electron chi connectivity index (χ3n) is 5.35. The molecule has 3 aromatic rings. The second kappa shape index (κ2) is 9.74. The number of benzene rings is 1. The molecule has 0 atom stereocenters. The zero-order valence-corrected chi connectivity index (χ0v) is 19.7. The highest BCUT2D eigenvalue weighted by Gasteiger charge is 2.32. The molecule has 1 aliphatic rings. The number of carbonyl (C=O) groups excluding carboxylic acids is 1. The van der Waals surface area contributed by atoms with Crippen LogP contribution in [-0.4, -0.2) is 49.5 Å². The minimum absolute atomic E-state index is 0.176. The number of thiophene rings is 1. The van der Waals surface area contributed by atoms with Crippen LogP contribution in [0.5, 0.6) is 0 Å². The van der Waals surface area contributed by atoms with Gasteiger partial charge >= 0.3 is 0 Å². The number of hydrogen-bond acceptors (Lipinski definition) is 6. The molecule has 0 saturated carbocycles. The fourth-order valence-electron chi connectivity index (χ4n) is 3.69. The highest BCUT2D eigenvalue weighted by molar-refractivity contribution is 7.91. The Bertz CT molecular complexity index is 1200. The number of rotatable bonds is 7. The summed E-state index contributed by atoms with van der Waals surface area (Å²) in [5.41, 5.74) is 1.04. The number of hydrogen-bond donors (Lipinski definition) is 0. The van der Waals surface area contributed by atoms with Crippen LogP contribution in [0, 0.1) is 5.92 Å². The van der Waals surface area contributed by atoms with E-state index in [0.29, 0.717) is 54.7 Å². The summed E-state index contributed by atoms with van der Waals surface area (Å²) < 4.78 is 35.8. The first-order chi connectivity index (χ1) is 15.0. The number of piperidine rings is 1. The van der Waals surface area contributed by atoms with E-state index in [1.165, 1.54) is 27.0 Å². The van der Waals surface area contributed by atoms with Gasteiger partial charge < -0.3 is 9.30 Å². The molecule has 0 N–H and O–H groups in total. The average molecular weight is 480 g/mol. The van der Waals surface area contributed by atoms with Gasteiger partial charge in [0.1, 0.15) is 4.21 Å². The molecule has 0 bridgehead atoms. The lowest BCUT2D eigenvalue weighted by molar-refractivity contribution is -0.122. The average Bonchev–Trinajstić information content (AvgIpc) is 3.43. The number of aromatic nitrogens is 1. The fourth-order valence-corrected chi connectivity index (χ4v) is 7.36. The van der Waals surface area contributed by atoms with Gasteiger partial charge in [-0.15, -0.1) is 11.3 Å². The van der Waals surface area contributed by atoms with Crippen molar-refractivity contribution in [3.63, 3.8) is 0 Å². The highest BCUT2D eigenvalue weighted by Crippen LogP contribution is 2.27. The van der Waals surface area contributed by atoms with Crippen molar-refractivity contribution in [3.05, 3.63) is 46.6 Å². The van der Waals surface area contributed by atoms with Crippen molar-refractivity contribution in [1.29, 1.82) is 0 Å². The Morgan fingerprint density at radius 3 is 2.68 bits per heavy atom. The summed E-state index contributed by atoms with van der Waals surface area (Å²) in [5.74, 6) is -0.440. The van der Waals surface area contributed by atoms with Crippen LogP contribution in [-0.2, 0) is 26.1 Å². The van der Waals surface area contributed by atoms with Gasteiger partial charge in [-0.2, -0.15) is 9.30 Å². The van der Waals surface area contributed by atoms with E-state index in [9.17, 15) is 13.2 Å². The van der Waals surface area contributed by atoms with Crippen molar-refractivity contribution >= 4 is 48.8 Å². The number of nitrogens with zero attached hydrogens (tertiary/aromatic N) is 3. The van der Waals surface area contributed by atoms with Crippen LogP contribution in [0.2, 0.25) is 0 Å². The maximum absolute atomic E-state index is 12.9. The quantitative estimate of drug-likeness (QED) is 0.487. The molecule has 4 rings (SSSR count). The Morgan fingerprint density at radius 2 is 1.97 bits per heavy atom. The molecular weight excluding hydrogens is 454 g/mol. The Hall–Kier alpha value is -1.85. The predicted octanol–water partition coefficient (Wildman–Crippen LogP) is 3.33. The number of amides is 1. The summed E-state index contributed by atoms with van der Waals surface area (Å²) in [6.45, 7) is 4.45. The lowest BCUT2D eigenvalue weighted by atomic mass is 9.98. The number of ether oxygens (including phenoxy) is 1. The van der Waals surface area contributed by atoms with Crippen molar-refractivity contribution < 1.29 is 17.9 Å². The molecule has 1 aromatic carbocycles. The number of fused-ring (bicyclic) bond motifs is 1. The minimum Gasteiger partial charge on any atom is -0.380 e. The third kappa shape index (κ3) is 4.83. The summed E-state index contributed by atoms with van der Waals surface area (Å²) in [7, 11) is -3.47. The van der Waals surface area contributed by atoms with Crippen LogP contribution in [0.1, 0.15) is 19.8 Å². The fraction of sp³-hybridized carbons (Fsp3) is 0.429. The molecule has 1 fully saturated rings. The molecule has 31 heavy (non-hydrogen) atoms. The van der Waals surface area contributed by atoms with Crippen LogP contribution in [0.3, 0.4) is 0 Å². The van der Waals surface area contributed by atoms with Gasteiger partial charge in [-0.05, 0) is 43.3 Å². The van der Waals surface area contributed by atoms with Gasteiger partial charge in [-0.3, -0.25) is 4.79 Å². The topological polar surface area (TPSA) is 81.0 Å². The van der Waals surface area contributed by atoms with Crippen LogP contribution in [0.4, 0.5) is 0 Å². The number of thiazole rings is 1. The van der Waals surface area contributed by atoms with E-state index in [1.807, 2.05) is 35.8 Å². The first-order valence-electron chi connectivity index (χ1n) is 10.3. The SMILES string of the molecule is CCOCCn1c(=NC(=O)C2CCN(S(=O)(=O)c3cccs3)CC2)sc2ccccc21. The Labute approximate surface area is 189 Å². The van der Waals surface area contributed by atoms with Crippen LogP contribution in [0.25, 0.3) is 10.2 Å². The minimum atomic E-state index is -3.47. The monoisotopic (exact) mass is 479 g/mol. The van der Waals surface area contributed by atoms with Crippen molar-refractivity contribution in [1.82, 2.24) is 8.87 Å². The normalized spacial score (nSPS) is 16.9. The summed E-state index contributed by atoms with van der Waals surface area (Å²) in [6.07, 6.45) is 0.966. The van der Waals surface area contributed by atoms with E-state index >= 15 is 0 Å². The summed E-state index contributed by atoms with van der Waals surface area (Å²) in [5, 5.41) is 1.76. The molecular formula is C21H25N3O4S3. The molecule has 0 unspecified atom stereocenters. The van der Waals surface area contributed by atoms with Gasteiger partial charge in [0.05, 0.1) is 16.8 Å². The van der Waals surface area contributed by atoms with Crippen LogP contribution in [0.15, 0.2) is 51.0 Å². The van der Waals surface area contributed by atoms with Crippen LogP contribution >= 0.6 is 22.7 Å². The summed E-state index contributed by atoms with van der Waals surface area (Å²) in [4.78, 5) is 18.1. The predicted molar refractivity (Wildman–Crippen MR) is 123 cm³/mol. The highest BCUT2D eigenvalue weighted by atomic mass is 32.2. The molecule has 0 spiro atoms. The Morgan fingerprint density at radius 1 is 1.19 bits per heavy atom. The Balaban J connectivity index is 1.51. The van der Waals surface area contributed by atoms with Gasteiger partial charge in [-0.1, -0.05) is 29.5 Å². The second-order valence-electron chi connectivity index (χ2n) is 7.26. The molecule has 10 heteroatoms. The van der Waals surface area contributed by atoms with Crippen molar-refractivity contribution in [3.8, 4) is 0 Å². The molecule has 1 amide bonds. The zero-order valence-electron chi connectivity index (χ0n) is 17.3. The smallest absolute Gasteiger partial charge is 0.252 e. The number of carbonyl (C=O) groups is 1. The Kier molecular flexibility index (Phi) is 7.02. The van der Waals surface area contributed by atoms with E-state index in [4.69, 9.17) is 4.74 Å². The van der Waals surface area contributed by atoms with E-state index in [1.54, 1.807) is 17.5 Å². The maximum Gasteiger partial charge on any atom is 0.252 e. The van der Waals surface area contributed by atoms with E-state index in [2.05, 4.69) is 4.99 Å². The molecule has 0 radical (unpaired) electrons. The lowest BCUT2D eigenvalue weighted by Gasteiger charge is -2.29. The number of sulfonamides is 1. The molecule has 166 valence electrons. The number of para-hydroxylation sites is 1. The van der Waals surface area contributed by atoms with E-state index in [-0.39, 0.29) is 11.8 Å². The molecule has 1 aliphatic heterocycles. The van der Waals surface area contributed by atoms with Crippen molar-refractivity contribution in [2.75, 3.05) is 26.3 Å². The van der Waals surface area contributed by atoms with Crippen molar-refractivity contribution in [2.45, 2.75) is 30.5 Å². The second-order valence-corrected chi connectivity index (χ2v) is 11.4. The molecule has 7 nitrogen and oxygen atoms in total. The van der Waals surface area contributed by atoms with E-state index in [0.717, 1.165) is 10.2 Å². The first kappa shape index (κ1) is 22.3. The van der Waals surface area contributed by atoms with Gasteiger partial charge in [0, 0.05) is 32.2 Å². The summed E-state index contributed by atoms with van der Waals surface area (Å²) in [6, 6.07) is 11.3. The molecule has 1 saturated heterocycles. The molecule has 0 aliphatic carbocycles. The largest absolute Gasteiger partial charge is 0.380 e. The lowest BCUT2D eigenvalue weighted by Crippen LogP contribution is -2.40. The molecule has 2 aromatic heterocycles. The van der Waals surface area contributed by atoms with Gasteiger partial charge in [0.15, 0.2) is 4.80 Å². The maximum atomic E-state index is 12.9. The third-order valence-corrected chi connectivity index (χ3v) is 9.68. The van der Waals surface area contributed by atoms with Crippen molar-refractivity contribution in [2.24, 2.45) is 10.9 Å². The zero-order chi connectivity index (χ0) is 21.8. The molecule has 3 heterocycles. The van der Waals surface area contributed by atoms with Crippen LogP contribution < -0.4 is 4.80 Å². The van der Waals surface area contributed by atoms with Gasteiger partial charge in [0.2, 0.25) is 0 Å².